The number of carbonyl (C=O) groups is 2. The van der Waals surface area contributed by atoms with Gasteiger partial charge in [0.2, 0.25) is 0 Å². The molecular weight excluding hydrogens is 375 g/mol. The fraction of sp³-hybridized carbons (Fsp3) is 0.833. The first kappa shape index (κ1) is 28.7. The number of hydrogen-bond donors (Lipinski definition) is 0. The molecule has 1 aliphatic rings. The molecule has 4 nitrogen and oxygen atoms in total. The van der Waals surface area contributed by atoms with Crippen LogP contribution in [0.2, 0.25) is 0 Å². The molecule has 2 unspecified atom stereocenters. The first-order valence-corrected chi connectivity index (χ1v) is 11.7. The molecule has 0 amide bonds. The van der Waals surface area contributed by atoms with Gasteiger partial charge in [-0.2, -0.15) is 0 Å². The topological polar surface area (TPSA) is 66.4 Å². The molecule has 1 aliphatic carbocycles. The van der Waals surface area contributed by atoms with Crippen LogP contribution in [-0.2, 0) is 14.3 Å². The van der Waals surface area contributed by atoms with E-state index < -0.39 is 17.8 Å². The summed E-state index contributed by atoms with van der Waals surface area (Å²) in [6, 6.07) is 0. The number of carboxylic acids is 1. The van der Waals surface area contributed by atoms with Crippen molar-refractivity contribution in [2.45, 2.75) is 110 Å². The van der Waals surface area contributed by atoms with E-state index in [0.717, 1.165) is 25.7 Å². The molecule has 5 heteroatoms. The van der Waals surface area contributed by atoms with Gasteiger partial charge in [-0.15, -0.1) is 0 Å². The van der Waals surface area contributed by atoms with E-state index in [2.05, 4.69) is 19.1 Å². The van der Waals surface area contributed by atoms with Gasteiger partial charge in [-0.25, -0.2) is 0 Å². The molecule has 0 aliphatic heterocycles. The predicted molar refractivity (Wildman–Crippen MR) is 112 cm³/mol. The fourth-order valence-electron chi connectivity index (χ4n) is 3.98. The van der Waals surface area contributed by atoms with Crippen molar-refractivity contribution in [2.75, 3.05) is 6.61 Å². The number of allylic oxidation sites excluding steroid dienone is 2. The maximum Gasteiger partial charge on any atom is 1.00 e. The third kappa shape index (κ3) is 14.3. The third-order valence-corrected chi connectivity index (χ3v) is 5.75. The Bertz CT molecular complexity index is 450. The maximum absolute atomic E-state index is 12.1. The summed E-state index contributed by atoms with van der Waals surface area (Å²) in [4.78, 5) is 23.3. The van der Waals surface area contributed by atoms with E-state index in [1.807, 2.05) is 0 Å². The molecule has 0 aromatic rings. The van der Waals surface area contributed by atoms with E-state index in [4.69, 9.17) is 4.74 Å². The Hall–Kier alpha value is -0.320. The van der Waals surface area contributed by atoms with Crippen molar-refractivity contribution in [1.29, 1.82) is 0 Å². The van der Waals surface area contributed by atoms with Crippen molar-refractivity contribution in [3.05, 3.63) is 12.2 Å². The Labute approximate surface area is 200 Å². The number of unbranched alkanes of at least 4 members (excludes halogenated alkanes) is 10. The number of rotatable bonds is 16. The second kappa shape index (κ2) is 19.6. The second-order valence-electron chi connectivity index (χ2n) is 8.21. The smallest absolute Gasteiger partial charge is 0.550 e. The number of hydrogen-bond acceptors (Lipinski definition) is 4. The fourth-order valence-corrected chi connectivity index (χ4v) is 3.98. The molecule has 162 valence electrons. The second-order valence-corrected chi connectivity index (χ2v) is 8.21. The number of esters is 1. The quantitative estimate of drug-likeness (QED) is 0.168. The minimum atomic E-state index is -1.10. The van der Waals surface area contributed by atoms with Crippen molar-refractivity contribution in [2.24, 2.45) is 11.8 Å². The van der Waals surface area contributed by atoms with Crippen LogP contribution < -0.4 is 34.7 Å². The van der Waals surface area contributed by atoms with Crippen LogP contribution in [0.1, 0.15) is 110 Å². The van der Waals surface area contributed by atoms with Gasteiger partial charge in [-0.1, -0.05) is 83.3 Å². The van der Waals surface area contributed by atoms with Crippen LogP contribution in [0.4, 0.5) is 0 Å². The minimum absolute atomic E-state index is 0. The molecule has 1 fully saturated rings. The standard InChI is InChI=1S/C24H42O4.Na/c1-2-3-4-5-6-7-8-9-10-11-12-13-14-17-20-28-24(27)22-19-16-15-18-21(22)23(25)26;/h4-5,21-22H,2-3,6-20H2,1H3,(H,25,26);/q;+1/p-1/b5-4+;. The number of ether oxygens (including phenoxy) is 1. The minimum Gasteiger partial charge on any atom is -0.550 e. The largest absolute Gasteiger partial charge is 1.00 e. The predicted octanol–water partition coefficient (Wildman–Crippen LogP) is 2.35. The van der Waals surface area contributed by atoms with Crippen molar-refractivity contribution >= 4 is 11.9 Å². The van der Waals surface area contributed by atoms with Gasteiger partial charge in [0.05, 0.1) is 12.5 Å². The zero-order valence-electron chi connectivity index (χ0n) is 19.0. The Morgan fingerprint density at radius 3 is 1.93 bits per heavy atom. The van der Waals surface area contributed by atoms with Gasteiger partial charge in [0.25, 0.3) is 0 Å². The van der Waals surface area contributed by atoms with Crippen LogP contribution in [0.15, 0.2) is 12.2 Å². The van der Waals surface area contributed by atoms with Crippen LogP contribution in [0, 0.1) is 11.8 Å². The molecule has 0 aromatic heterocycles. The summed E-state index contributed by atoms with van der Waals surface area (Å²) in [6.45, 7) is 2.63. The molecule has 0 heterocycles. The Kier molecular flexibility index (Phi) is 19.4. The zero-order chi connectivity index (χ0) is 20.5. The number of aliphatic carboxylic acids is 1. The Balaban J connectivity index is 0.00000784. The maximum atomic E-state index is 12.1. The molecule has 2 atom stereocenters. The summed E-state index contributed by atoms with van der Waals surface area (Å²) in [5.41, 5.74) is 0. The van der Waals surface area contributed by atoms with E-state index in [9.17, 15) is 14.7 Å². The Morgan fingerprint density at radius 2 is 1.34 bits per heavy atom. The van der Waals surface area contributed by atoms with Crippen molar-refractivity contribution in [1.82, 2.24) is 0 Å². The number of carbonyl (C=O) groups excluding carboxylic acids is 2. The van der Waals surface area contributed by atoms with Gasteiger partial charge in [-0.3, -0.25) is 4.79 Å². The van der Waals surface area contributed by atoms with E-state index in [1.54, 1.807) is 0 Å². The van der Waals surface area contributed by atoms with Crippen LogP contribution in [0.5, 0.6) is 0 Å². The Morgan fingerprint density at radius 1 is 0.828 bits per heavy atom. The summed E-state index contributed by atoms with van der Waals surface area (Å²) in [5.74, 6) is -2.59. The average Bonchev–Trinajstić information content (AvgIpc) is 2.70. The van der Waals surface area contributed by atoms with Crippen LogP contribution >= 0.6 is 0 Å². The molecule has 29 heavy (non-hydrogen) atoms. The van der Waals surface area contributed by atoms with Gasteiger partial charge < -0.3 is 14.6 Å². The van der Waals surface area contributed by atoms with Crippen molar-refractivity contribution in [3.8, 4) is 0 Å². The molecule has 0 N–H and O–H groups in total. The molecule has 1 rings (SSSR count). The van der Waals surface area contributed by atoms with Gasteiger partial charge >= 0.3 is 35.5 Å². The first-order valence-electron chi connectivity index (χ1n) is 11.7. The average molecular weight is 417 g/mol. The summed E-state index contributed by atoms with van der Waals surface area (Å²) in [7, 11) is 0. The number of carboxylic acid groups (broad SMARTS) is 1. The van der Waals surface area contributed by atoms with Gasteiger partial charge in [0.15, 0.2) is 0 Å². The molecule has 0 radical (unpaired) electrons. The summed E-state index contributed by atoms with van der Waals surface area (Å²) in [5, 5.41) is 11.2. The summed E-state index contributed by atoms with van der Waals surface area (Å²) in [6.07, 6.45) is 22.2. The monoisotopic (exact) mass is 416 g/mol. The van der Waals surface area contributed by atoms with Crippen LogP contribution in [0.25, 0.3) is 0 Å². The molecule has 1 saturated carbocycles. The van der Waals surface area contributed by atoms with E-state index in [1.165, 1.54) is 64.2 Å². The van der Waals surface area contributed by atoms with Gasteiger partial charge in [-0.05, 0) is 38.5 Å². The molecular formula is C24H41NaO4. The zero-order valence-corrected chi connectivity index (χ0v) is 21.0. The van der Waals surface area contributed by atoms with E-state index in [-0.39, 0.29) is 35.5 Å². The van der Waals surface area contributed by atoms with E-state index >= 15 is 0 Å². The molecule has 0 bridgehead atoms. The molecule has 0 spiro atoms. The van der Waals surface area contributed by atoms with Crippen LogP contribution in [-0.4, -0.2) is 18.5 Å². The summed E-state index contributed by atoms with van der Waals surface area (Å²) < 4.78 is 5.33. The molecule has 0 saturated heterocycles. The van der Waals surface area contributed by atoms with E-state index in [0.29, 0.717) is 19.4 Å². The van der Waals surface area contributed by atoms with Gasteiger partial charge in [0.1, 0.15) is 0 Å². The van der Waals surface area contributed by atoms with Crippen molar-refractivity contribution < 1.29 is 49.0 Å². The first-order chi connectivity index (χ1) is 13.7. The van der Waals surface area contributed by atoms with Crippen LogP contribution in [0.3, 0.4) is 0 Å². The third-order valence-electron chi connectivity index (χ3n) is 5.75. The summed E-state index contributed by atoms with van der Waals surface area (Å²) >= 11 is 0. The van der Waals surface area contributed by atoms with Crippen molar-refractivity contribution in [3.63, 3.8) is 0 Å². The SMILES string of the molecule is CCC/C=C/CCCCCCCCCCCOC(=O)C1CCCCC1C(=O)[O-].[Na+]. The normalized spacial score (nSPS) is 19.1. The molecule has 0 aromatic carbocycles. The van der Waals surface area contributed by atoms with Gasteiger partial charge in [0, 0.05) is 11.9 Å².